The lowest BCUT2D eigenvalue weighted by Gasteiger charge is -2.33. The average molecular weight is 447 g/mol. The van der Waals surface area contributed by atoms with Crippen LogP contribution >= 0.6 is 0 Å². The van der Waals surface area contributed by atoms with Gasteiger partial charge in [-0.25, -0.2) is 4.68 Å². The Hall–Kier alpha value is -3.48. The zero-order valence-electron chi connectivity index (χ0n) is 19.5. The molecule has 1 atom stereocenters. The topological polar surface area (TPSA) is 77.3 Å². The Kier molecular flexibility index (Phi) is 6.87. The summed E-state index contributed by atoms with van der Waals surface area (Å²) >= 11 is 0. The van der Waals surface area contributed by atoms with Crippen molar-refractivity contribution in [3.8, 4) is 5.75 Å². The summed E-state index contributed by atoms with van der Waals surface area (Å²) in [6, 6.07) is 15.4. The molecule has 1 aromatic carbocycles. The van der Waals surface area contributed by atoms with Crippen molar-refractivity contribution in [3.05, 3.63) is 87.1 Å². The Labute approximate surface area is 194 Å². The Morgan fingerprint density at radius 1 is 1.12 bits per heavy atom. The van der Waals surface area contributed by atoms with Crippen LogP contribution in [0.4, 0.5) is 0 Å². The van der Waals surface area contributed by atoms with Crippen molar-refractivity contribution < 1.29 is 9.53 Å². The highest BCUT2D eigenvalue weighted by molar-refractivity contribution is 5.76. The Morgan fingerprint density at radius 3 is 2.76 bits per heavy atom. The normalized spacial score (nSPS) is 16.0. The standard InChI is InChI=1S/C26H30N4O3/c1-18-10-11-25(31)30(28-18)17-26(32)29-12-6-8-22(16-29)23-15-20(13-19(2)27-23)14-21-7-4-5-9-24(21)33-3/h4-5,7,9-11,13,15,22H,6,8,12,14,16-17H2,1-3H3/t22-/m1/s1. The quantitative estimate of drug-likeness (QED) is 0.581. The molecule has 7 nitrogen and oxygen atoms in total. The van der Waals surface area contributed by atoms with E-state index in [-0.39, 0.29) is 23.9 Å². The summed E-state index contributed by atoms with van der Waals surface area (Å²) in [7, 11) is 1.69. The number of methoxy groups -OCH3 is 1. The number of hydrogen-bond acceptors (Lipinski definition) is 5. The maximum Gasteiger partial charge on any atom is 0.267 e. The van der Waals surface area contributed by atoms with E-state index in [1.54, 1.807) is 13.2 Å². The molecule has 1 amide bonds. The van der Waals surface area contributed by atoms with Gasteiger partial charge in [0.15, 0.2) is 0 Å². The summed E-state index contributed by atoms with van der Waals surface area (Å²) in [6.45, 7) is 5.08. The number of nitrogens with zero attached hydrogens (tertiary/aromatic N) is 4. The van der Waals surface area contributed by atoms with Gasteiger partial charge in [-0.3, -0.25) is 14.6 Å². The number of ether oxygens (including phenoxy) is 1. The number of carbonyl (C=O) groups is 1. The maximum absolute atomic E-state index is 12.9. The van der Waals surface area contributed by atoms with Gasteiger partial charge in [-0.05, 0) is 62.1 Å². The second kappa shape index (κ2) is 9.98. The van der Waals surface area contributed by atoms with Gasteiger partial charge in [-0.2, -0.15) is 5.10 Å². The molecular weight excluding hydrogens is 416 g/mol. The molecule has 1 fully saturated rings. The van der Waals surface area contributed by atoms with Crippen LogP contribution in [0.1, 0.15) is 47.0 Å². The number of likely N-dealkylation sites (tertiary alicyclic amines) is 1. The van der Waals surface area contributed by atoms with E-state index < -0.39 is 0 Å². The van der Waals surface area contributed by atoms with E-state index in [4.69, 9.17) is 9.72 Å². The fourth-order valence-electron chi connectivity index (χ4n) is 4.49. The minimum Gasteiger partial charge on any atom is -0.496 e. The van der Waals surface area contributed by atoms with E-state index in [9.17, 15) is 9.59 Å². The third-order valence-electron chi connectivity index (χ3n) is 6.10. The van der Waals surface area contributed by atoms with Crippen LogP contribution in [0, 0.1) is 13.8 Å². The molecule has 3 heterocycles. The summed E-state index contributed by atoms with van der Waals surface area (Å²) in [4.78, 5) is 31.7. The number of aryl methyl sites for hydroxylation is 2. The first-order chi connectivity index (χ1) is 15.9. The molecule has 33 heavy (non-hydrogen) atoms. The first kappa shape index (κ1) is 22.7. The summed E-state index contributed by atoms with van der Waals surface area (Å²) in [6.07, 6.45) is 2.65. The molecule has 1 aliphatic heterocycles. The van der Waals surface area contributed by atoms with E-state index >= 15 is 0 Å². The number of aromatic nitrogens is 3. The molecule has 0 unspecified atom stereocenters. The number of para-hydroxylation sites is 1. The number of carbonyl (C=O) groups excluding carboxylic acids is 1. The van der Waals surface area contributed by atoms with Crippen LogP contribution in [0.3, 0.4) is 0 Å². The summed E-state index contributed by atoms with van der Waals surface area (Å²) in [5, 5.41) is 4.20. The van der Waals surface area contributed by atoms with Crippen molar-refractivity contribution >= 4 is 5.91 Å². The first-order valence-electron chi connectivity index (χ1n) is 11.3. The molecule has 0 spiro atoms. The van der Waals surface area contributed by atoms with E-state index in [2.05, 4.69) is 23.3 Å². The monoisotopic (exact) mass is 446 g/mol. The lowest BCUT2D eigenvalue weighted by atomic mass is 9.92. The number of rotatable bonds is 6. The van der Waals surface area contributed by atoms with Crippen LogP contribution < -0.4 is 10.3 Å². The van der Waals surface area contributed by atoms with Gasteiger partial charge in [-0.15, -0.1) is 0 Å². The second-order valence-corrected chi connectivity index (χ2v) is 8.68. The Morgan fingerprint density at radius 2 is 1.94 bits per heavy atom. The molecule has 0 aliphatic carbocycles. The summed E-state index contributed by atoms with van der Waals surface area (Å²) in [5.41, 5.74) is 4.75. The largest absolute Gasteiger partial charge is 0.496 e. The number of hydrogen-bond donors (Lipinski definition) is 0. The van der Waals surface area contributed by atoms with Crippen molar-refractivity contribution in [1.29, 1.82) is 0 Å². The molecule has 0 radical (unpaired) electrons. The van der Waals surface area contributed by atoms with Crippen LogP contribution in [0.2, 0.25) is 0 Å². The molecule has 1 saturated heterocycles. The highest BCUT2D eigenvalue weighted by Crippen LogP contribution is 2.28. The lowest BCUT2D eigenvalue weighted by Crippen LogP contribution is -2.42. The van der Waals surface area contributed by atoms with Crippen molar-refractivity contribution in [2.45, 2.75) is 45.6 Å². The van der Waals surface area contributed by atoms with Crippen molar-refractivity contribution in [3.63, 3.8) is 0 Å². The van der Waals surface area contributed by atoms with E-state index in [0.29, 0.717) is 18.8 Å². The summed E-state index contributed by atoms with van der Waals surface area (Å²) < 4.78 is 6.76. The number of benzene rings is 1. The predicted molar refractivity (Wildman–Crippen MR) is 127 cm³/mol. The van der Waals surface area contributed by atoms with Gasteiger partial charge >= 0.3 is 0 Å². The average Bonchev–Trinajstić information content (AvgIpc) is 2.81. The third-order valence-corrected chi connectivity index (χ3v) is 6.10. The molecule has 0 bridgehead atoms. The highest BCUT2D eigenvalue weighted by Gasteiger charge is 2.26. The molecule has 172 valence electrons. The zero-order chi connectivity index (χ0) is 23.4. The third kappa shape index (κ3) is 5.48. The van der Waals surface area contributed by atoms with Gasteiger partial charge < -0.3 is 9.64 Å². The predicted octanol–water partition coefficient (Wildman–Crippen LogP) is 3.26. The van der Waals surface area contributed by atoms with Gasteiger partial charge in [0, 0.05) is 42.9 Å². The van der Waals surface area contributed by atoms with E-state index in [1.165, 1.54) is 16.3 Å². The molecule has 3 aromatic rings. The van der Waals surface area contributed by atoms with Gasteiger partial charge in [0.05, 0.1) is 12.8 Å². The van der Waals surface area contributed by atoms with Crippen LogP contribution in [0.15, 0.2) is 53.3 Å². The summed E-state index contributed by atoms with van der Waals surface area (Å²) in [5.74, 6) is 0.964. The zero-order valence-corrected chi connectivity index (χ0v) is 19.5. The van der Waals surface area contributed by atoms with Gasteiger partial charge in [0.2, 0.25) is 5.91 Å². The number of amides is 1. The van der Waals surface area contributed by atoms with Crippen molar-refractivity contribution in [2.24, 2.45) is 0 Å². The van der Waals surface area contributed by atoms with E-state index in [0.717, 1.165) is 42.0 Å². The van der Waals surface area contributed by atoms with Gasteiger partial charge in [0.25, 0.3) is 5.56 Å². The number of pyridine rings is 1. The minimum absolute atomic E-state index is 0.0342. The Bertz CT molecular complexity index is 1200. The molecule has 7 heteroatoms. The van der Waals surface area contributed by atoms with E-state index in [1.807, 2.05) is 36.9 Å². The van der Waals surface area contributed by atoms with Gasteiger partial charge in [0.1, 0.15) is 12.3 Å². The first-order valence-corrected chi connectivity index (χ1v) is 11.3. The lowest BCUT2D eigenvalue weighted by molar-refractivity contribution is -0.133. The molecule has 0 saturated carbocycles. The van der Waals surface area contributed by atoms with Gasteiger partial charge in [-0.1, -0.05) is 18.2 Å². The fraction of sp³-hybridized carbons (Fsp3) is 0.385. The SMILES string of the molecule is COc1ccccc1Cc1cc(C)nc([C@@H]2CCCN(C(=O)Cn3nc(C)ccc3=O)C2)c1. The van der Waals surface area contributed by atoms with Crippen molar-refractivity contribution in [1.82, 2.24) is 19.7 Å². The highest BCUT2D eigenvalue weighted by atomic mass is 16.5. The second-order valence-electron chi connectivity index (χ2n) is 8.68. The molecule has 1 aliphatic rings. The molecule has 4 rings (SSSR count). The van der Waals surface area contributed by atoms with Crippen LogP contribution in [0.5, 0.6) is 5.75 Å². The van der Waals surface area contributed by atoms with Crippen LogP contribution in [0.25, 0.3) is 0 Å². The Balaban J connectivity index is 1.50. The number of piperidine rings is 1. The van der Waals surface area contributed by atoms with Crippen molar-refractivity contribution in [2.75, 3.05) is 20.2 Å². The smallest absolute Gasteiger partial charge is 0.267 e. The van der Waals surface area contributed by atoms with Crippen LogP contribution in [-0.4, -0.2) is 45.8 Å². The molecular formula is C26H30N4O3. The minimum atomic E-state index is -0.260. The van der Waals surface area contributed by atoms with Crippen LogP contribution in [-0.2, 0) is 17.8 Å². The fourth-order valence-corrected chi connectivity index (χ4v) is 4.49. The maximum atomic E-state index is 12.9. The molecule has 2 aromatic heterocycles. The molecule has 0 N–H and O–H groups in total.